The van der Waals surface area contributed by atoms with Crippen LogP contribution in [0.15, 0.2) is 31.0 Å². The van der Waals surface area contributed by atoms with Crippen LogP contribution in [0.25, 0.3) is 0 Å². The maximum absolute atomic E-state index is 8.70. The van der Waals surface area contributed by atoms with E-state index in [2.05, 4.69) is 15.3 Å². The predicted octanol–water partition coefficient (Wildman–Crippen LogP) is 1.23. The third kappa shape index (κ3) is 2.98. The Balaban J connectivity index is 1.82. The van der Waals surface area contributed by atoms with E-state index in [0.717, 1.165) is 19.5 Å². The Bertz CT molecular complexity index is 540. The van der Waals surface area contributed by atoms with Gasteiger partial charge in [0.25, 0.3) is 0 Å². The molecule has 3 N–H and O–H groups in total. The second-order valence-electron chi connectivity index (χ2n) is 3.85. The highest BCUT2D eigenvalue weighted by Gasteiger charge is 2.01. The molecule has 0 saturated heterocycles. The molecule has 0 amide bonds. The van der Waals surface area contributed by atoms with Crippen molar-refractivity contribution < 1.29 is 0 Å². The number of nitriles is 1. The first-order valence-corrected chi connectivity index (χ1v) is 5.65. The minimum atomic E-state index is 0.469. The molecule has 2 aromatic rings. The van der Waals surface area contributed by atoms with Crippen LogP contribution in [0.1, 0.15) is 12.0 Å². The van der Waals surface area contributed by atoms with Gasteiger partial charge in [0.1, 0.15) is 11.9 Å². The third-order valence-electron chi connectivity index (χ3n) is 2.49. The van der Waals surface area contributed by atoms with E-state index in [1.807, 2.05) is 16.8 Å². The lowest BCUT2D eigenvalue weighted by molar-refractivity contribution is 0.660. The van der Waals surface area contributed by atoms with Crippen LogP contribution < -0.4 is 11.1 Å². The molecule has 6 heteroatoms. The summed E-state index contributed by atoms with van der Waals surface area (Å²) in [5.41, 5.74) is 6.75. The summed E-state index contributed by atoms with van der Waals surface area (Å²) >= 11 is 0. The van der Waals surface area contributed by atoms with Gasteiger partial charge in [-0.25, -0.2) is 9.97 Å². The number of nitrogens with two attached hydrogens (primary N) is 1. The van der Waals surface area contributed by atoms with Gasteiger partial charge in [0.2, 0.25) is 0 Å². The number of aryl methyl sites for hydroxylation is 1. The van der Waals surface area contributed by atoms with Crippen LogP contribution >= 0.6 is 0 Å². The fourth-order valence-electron chi connectivity index (χ4n) is 1.58. The van der Waals surface area contributed by atoms with Crippen LogP contribution in [0, 0.1) is 11.3 Å². The maximum Gasteiger partial charge on any atom is 0.149 e. The Morgan fingerprint density at radius 2 is 2.39 bits per heavy atom. The summed E-state index contributed by atoms with van der Waals surface area (Å²) in [5, 5.41) is 11.8. The number of aromatic nitrogens is 3. The average Bonchev–Trinajstić information content (AvgIpc) is 2.89. The zero-order valence-corrected chi connectivity index (χ0v) is 9.87. The molecule has 0 bridgehead atoms. The lowest BCUT2D eigenvalue weighted by Crippen LogP contribution is -2.08. The molecule has 0 aromatic carbocycles. The molecule has 0 aliphatic rings. The van der Waals surface area contributed by atoms with E-state index in [1.165, 1.54) is 6.20 Å². The second kappa shape index (κ2) is 5.68. The minimum absolute atomic E-state index is 0.469. The van der Waals surface area contributed by atoms with E-state index in [4.69, 9.17) is 11.0 Å². The van der Waals surface area contributed by atoms with E-state index in [9.17, 15) is 0 Å². The molecule has 2 heterocycles. The molecular weight excluding hydrogens is 228 g/mol. The summed E-state index contributed by atoms with van der Waals surface area (Å²) in [6.45, 7) is 1.66. The van der Waals surface area contributed by atoms with Gasteiger partial charge in [0.15, 0.2) is 0 Å². The highest BCUT2D eigenvalue weighted by atomic mass is 15.0. The minimum Gasteiger partial charge on any atom is -0.396 e. The van der Waals surface area contributed by atoms with Crippen LogP contribution in [0.3, 0.4) is 0 Å². The van der Waals surface area contributed by atoms with E-state index in [-0.39, 0.29) is 0 Å². The van der Waals surface area contributed by atoms with Crippen molar-refractivity contribution in [1.82, 2.24) is 14.5 Å². The number of rotatable bonds is 5. The smallest absolute Gasteiger partial charge is 0.149 e. The van der Waals surface area contributed by atoms with Crippen molar-refractivity contribution in [2.75, 3.05) is 17.6 Å². The van der Waals surface area contributed by atoms with Gasteiger partial charge in [-0.2, -0.15) is 5.26 Å². The monoisotopic (exact) mass is 242 g/mol. The van der Waals surface area contributed by atoms with Crippen molar-refractivity contribution in [2.45, 2.75) is 13.0 Å². The largest absolute Gasteiger partial charge is 0.396 e. The lowest BCUT2D eigenvalue weighted by Gasteiger charge is -2.08. The number of anilines is 2. The van der Waals surface area contributed by atoms with Gasteiger partial charge < -0.3 is 15.6 Å². The average molecular weight is 242 g/mol. The predicted molar refractivity (Wildman–Crippen MR) is 68.7 cm³/mol. The van der Waals surface area contributed by atoms with Gasteiger partial charge in [-0.3, -0.25) is 0 Å². The van der Waals surface area contributed by atoms with Crippen molar-refractivity contribution in [1.29, 1.82) is 5.26 Å². The molecule has 0 atom stereocenters. The van der Waals surface area contributed by atoms with E-state index < -0.39 is 0 Å². The molecule has 0 saturated carbocycles. The fourth-order valence-corrected chi connectivity index (χ4v) is 1.58. The van der Waals surface area contributed by atoms with Gasteiger partial charge in [0, 0.05) is 31.7 Å². The summed E-state index contributed by atoms with van der Waals surface area (Å²) < 4.78 is 2.01. The number of imidazole rings is 1. The molecule has 0 radical (unpaired) electrons. The number of nitrogens with one attached hydrogen (secondary N) is 1. The van der Waals surface area contributed by atoms with Crippen LogP contribution in [0.5, 0.6) is 0 Å². The summed E-state index contributed by atoms with van der Waals surface area (Å²) in [7, 11) is 0. The van der Waals surface area contributed by atoms with Crippen molar-refractivity contribution >= 4 is 11.5 Å². The van der Waals surface area contributed by atoms with Crippen molar-refractivity contribution in [3.05, 3.63) is 36.5 Å². The highest BCUT2D eigenvalue weighted by Crippen LogP contribution is 2.15. The van der Waals surface area contributed by atoms with Crippen molar-refractivity contribution in [3.8, 4) is 6.07 Å². The van der Waals surface area contributed by atoms with Gasteiger partial charge in [-0.05, 0) is 12.5 Å². The highest BCUT2D eigenvalue weighted by molar-refractivity contribution is 5.62. The zero-order chi connectivity index (χ0) is 12.8. The Labute approximate surface area is 105 Å². The van der Waals surface area contributed by atoms with Crippen LogP contribution in [-0.2, 0) is 6.54 Å². The molecule has 2 rings (SSSR count). The molecular formula is C12H14N6. The molecule has 92 valence electrons. The number of pyridine rings is 1. The molecule has 0 aliphatic carbocycles. The van der Waals surface area contributed by atoms with Crippen LogP contribution in [0.2, 0.25) is 0 Å². The van der Waals surface area contributed by atoms with Gasteiger partial charge in [0.05, 0.1) is 17.6 Å². The molecule has 18 heavy (non-hydrogen) atoms. The first-order valence-electron chi connectivity index (χ1n) is 5.65. The topological polar surface area (TPSA) is 92.5 Å². The second-order valence-corrected chi connectivity index (χ2v) is 3.85. The Hall–Kier alpha value is -2.55. The van der Waals surface area contributed by atoms with Crippen LogP contribution in [-0.4, -0.2) is 21.1 Å². The van der Waals surface area contributed by atoms with Crippen molar-refractivity contribution in [2.24, 2.45) is 0 Å². The van der Waals surface area contributed by atoms with E-state index in [1.54, 1.807) is 18.6 Å². The summed E-state index contributed by atoms with van der Waals surface area (Å²) in [4.78, 5) is 8.08. The Morgan fingerprint density at radius 1 is 1.50 bits per heavy atom. The van der Waals surface area contributed by atoms with Crippen LogP contribution in [0.4, 0.5) is 11.5 Å². The first-order chi connectivity index (χ1) is 8.79. The number of hydrogen-bond acceptors (Lipinski definition) is 5. The molecule has 6 nitrogen and oxygen atoms in total. The molecule has 0 unspecified atom stereocenters. The SMILES string of the molecule is N#Cc1cnc(NCCCn2ccnc2)c(N)c1. The number of nitrogen functional groups attached to an aromatic ring is 1. The fraction of sp³-hybridized carbons (Fsp3) is 0.250. The standard InChI is InChI=1S/C12H14N6/c13-7-10-6-11(14)12(17-8-10)16-2-1-4-18-5-3-15-9-18/h3,5-6,8-9H,1-2,4,14H2,(H,16,17). The summed E-state index contributed by atoms with van der Waals surface area (Å²) in [6, 6.07) is 3.62. The van der Waals surface area contributed by atoms with Gasteiger partial charge >= 0.3 is 0 Å². The number of hydrogen-bond donors (Lipinski definition) is 2. The van der Waals surface area contributed by atoms with Gasteiger partial charge in [-0.1, -0.05) is 0 Å². The van der Waals surface area contributed by atoms with Crippen molar-refractivity contribution in [3.63, 3.8) is 0 Å². The van der Waals surface area contributed by atoms with E-state index in [0.29, 0.717) is 17.1 Å². The third-order valence-corrected chi connectivity index (χ3v) is 2.49. The lowest BCUT2D eigenvalue weighted by atomic mass is 10.3. The Morgan fingerprint density at radius 3 is 3.06 bits per heavy atom. The van der Waals surface area contributed by atoms with E-state index >= 15 is 0 Å². The molecule has 0 fully saturated rings. The Kier molecular flexibility index (Phi) is 3.76. The maximum atomic E-state index is 8.70. The van der Waals surface area contributed by atoms with Gasteiger partial charge in [-0.15, -0.1) is 0 Å². The number of nitrogens with zero attached hydrogens (tertiary/aromatic N) is 4. The summed E-state index contributed by atoms with van der Waals surface area (Å²) in [6.07, 6.45) is 7.92. The molecule has 0 aliphatic heterocycles. The molecule has 0 spiro atoms. The zero-order valence-electron chi connectivity index (χ0n) is 9.87. The summed E-state index contributed by atoms with van der Waals surface area (Å²) in [5.74, 6) is 0.625. The quantitative estimate of drug-likeness (QED) is 0.769. The first kappa shape index (κ1) is 11.9. The molecule has 2 aromatic heterocycles. The normalized spacial score (nSPS) is 9.94.